The maximum Gasteiger partial charge on any atom is 0.365 e. The van der Waals surface area contributed by atoms with Gasteiger partial charge in [-0.15, -0.1) is 0 Å². The van der Waals surface area contributed by atoms with Crippen molar-refractivity contribution in [1.29, 1.82) is 0 Å². The Balaban J connectivity index is 1.32. The first-order valence-electron chi connectivity index (χ1n) is 17.5. The lowest BCUT2D eigenvalue weighted by Crippen LogP contribution is -2.29. The maximum absolute atomic E-state index is 13.8. The molecule has 10 nitrogen and oxygen atoms in total. The summed E-state index contributed by atoms with van der Waals surface area (Å²) >= 11 is 0. The number of carbonyl (C=O) groups excluding carboxylic acids is 1. The van der Waals surface area contributed by atoms with Crippen LogP contribution in [0.2, 0.25) is 0 Å². The van der Waals surface area contributed by atoms with Crippen molar-refractivity contribution in [2.24, 2.45) is 0 Å². The highest BCUT2D eigenvalue weighted by atomic mass is 16.5. The fourth-order valence-corrected chi connectivity index (χ4v) is 6.47. The van der Waals surface area contributed by atoms with Gasteiger partial charge in [0.05, 0.1) is 65.9 Å². The van der Waals surface area contributed by atoms with Crippen LogP contribution < -0.4 is 33.5 Å². The van der Waals surface area contributed by atoms with E-state index in [4.69, 9.17) is 37.6 Å². The lowest BCUT2D eigenvalue weighted by atomic mass is 9.85. The molecule has 282 valence electrons. The molecule has 5 aromatic rings. The predicted octanol–water partition coefficient (Wildman–Crippen LogP) is 8.57. The topological polar surface area (TPSA) is 116 Å². The SMILES string of the molecule is COc1ccc(C2=CC(=CC3=C([O-])C(=Cc4cc(-c5ccc(OC)c(OC)c5)[o+]c(-c5ccccc5OC)c4)C3=O)C=C(c3ccccc3OC)O2)cc1OC. The highest BCUT2D eigenvalue weighted by Crippen LogP contribution is 2.41. The van der Waals surface area contributed by atoms with Crippen LogP contribution in [0.1, 0.15) is 16.7 Å². The molecule has 2 heterocycles. The number of Topliss-reactive ketones (excluding diaryl/α,β-unsaturated/α-hetero) is 1. The number of para-hydroxylation sites is 2. The Bertz CT molecular complexity index is 2500. The summed E-state index contributed by atoms with van der Waals surface area (Å²) in [6.45, 7) is 0. The molecule has 1 aliphatic heterocycles. The van der Waals surface area contributed by atoms with Crippen LogP contribution in [0.15, 0.2) is 142 Å². The molecule has 0 bridgehead atoms. The number of hydrogen-bond donors (Lipinski definition) is 0. The van der Waals surface area contributed by atoms with E-state index in [1.807, 2.05) is 60.7 Å². The van der Waals surface area contributed by atoms with E-state index >= 15 is 0 Å². The van der Waals surface area contributed by atoms with Crippen molar-refractivity contribution in [1.82, 2.24) is 0 Å². The van der Waals surface area contributed by atoms with E-state index in [1.165, 1.54) is 0 Å². The Morgan fingerprint density at radius 2 is 1.09 bits per heavy atom. The summed E-state index contributed by atoms with van der Waals surface area (Å²) < 4.78 is 46.0. The Morgan fingerprint density at radius 3 is 1.71 bits per heavy atom. The average Bonchev–Trinajstić information content (AvgIpc) is 3.26. The summed E-state index contributed by atoms with van der Waals surface area (Å²) in [6, 6.07) is 29.2. The standard InChI is InChI=1S/C46H38O10/c1-49-35-13-9-7-11-31(35)41-23-27(21-39(55-41)29-15-17-37(51-3)43(25-29)53-5)19-33-45(47)34(46(33)48)20-28-22-40(30-16-18-38(52-4)44(26-30)54-6)56-42(24-28)32-12-8-10-14-36(32)50-2/h7-26H,1-6H3. The van der Waals surface area contributed by atoms with Gasteiger partial charge in [-0.1, -0.05) is 30.0 Å². The third-order valence-corrected chi connectivity index (χ3v) is 9.31. The Hall–Kier alpha value is -7.20. The van der Waals surface area contributed by atoms with E-state index in [9.17, 15) is 9.90 Å². The van der Waals surface area contributed by atoms with Crippen LogP contribution in [-0.2, 0) is 9.53 Å². The van der Waals surface area contributed by atoms with Crippen molar-refractivity contribution in [3.63, 3.8) is 0 Å². The molecule has 10 heteroatoms. The van der Waals surface area contributed by atoms with Crippen molar-refractivity contribution in [2.75, 3.05) is 42.7 Å². The smallest absolute Gasteiger partial charge is 0.365 e. The van der Waals surface area contributed by atoms with Crippen molar-refractivity contribution < 1.29 is 47.5 Å². The molecule has 56 heavy (non-hydrogen) atoms. The number of hydrogen-bond acceptors (Lipinski definition) is 9. The number of allylic oxidation sites excluding steroid dienone is 6. The fourth-order valence-electron chi connectivity index (χ4n) is 6.47. The molecule has 0 unspecified atom stereocenters. The summed E-state index contributed by atoms with van der Waals surface area (Å²) in [4.78, 5) is 13.8. The van der Waals surface area contributed by atoms with E-state index in [1.54, 1.807) is 103 Å². The third kappa shape index (κ3) is 7.20. The minimum atomic E-state index is -0.394. The molecule has 0 spiro atoms. The average molecular weight is 751 g/mol. The number of ether oxygens (including phenoxy) is 7. The second-order valence-corrected chi connectivity index (χ2v) is 12.6. The fraction of sp³-hybridized carbons (Fsp3) is 0.130. The lowest BCUT2D eigenvalue weighted by Gasteiger charge is -2.29. The molecule has 0 saturated heterocycles. The van der Waals surface area contributed by atoms with E-state index in [0.717, 1.165) is 0 Å². The third-order valence-electron chi connectivity index (χ3n) is 9.31. The molecule has 4 aromatic carbocycles. The van der Waals surface area contributed by atoms with Crippen LogP contribution in [0.4, 0.5) is 0 Å². The van der Waals surface area contributed by atoms with Gasteiger partial charge in [-0.3, -0.25) is 4.79 Å². The molecular weight excluding hydrogens is 712 g/mol. The molecule has 0 radical (unpaired) electrons. The molecule has 1 aromatic heterocycles. The first kappa shape index (κ1) is 37.1. The summed E-state index contributed by atoms with van der Waals surface area (Å²) in [5.41, 5.74) is 3.99. The summed E-state index contributed by atoms with van der Waals surface area (Å²) in [5.74, 6) is 4.41. The van der Waals surface area contributed by atoms with Gasteiger partial charge in [0.25, 0.3) is 0 Å². The van der Waals surface area contributed by atoms with Crippen molar-refractivity contribution >= 4 is 23.4 Å². The zero-order chi connectivity index (χ0) is 39.3. The van der Waals surface area contributed by atoms with Crippen LogP contribution in [-0.4, -0.2) is 48.4 Å². The van der Waals surface area contributed by atoms with Crippen LogP contribution in [0, 0.1) is 0 Å². The van der Waals surface area contributed by atoms with Crippen LogP contribution in [0.5, 0.6) is 34.5 Å². The highest BCUT2D eigenvalue weighted by Gasteiger charge is 2.29. The lowest BCUT2D eigenvalue weighted by molar-refractivity contribution is -0.300. The molecule has 0 N–H and O–H groups in total. The summed E-state index contributed by atoms with van der Waals surface area (Å²) in [7, 11) is 9.40. The predicted molar refractivity (Wildman–Crippen MR) is 211 cm³/mol. The number of methoxy groups -OCH3 is 6. The van der Waals surface area contributed by atoms with Gasteiger partial charge in [0.1, 0.15) is 28.6 Å². The van der Waals surface area contributed by atoms with Gasteiger partial charge in [0.15, 0.2) is 28.8 Å². The minimum absolute atomic E-state index is 0.0392. The molecule has 1 aliphatic carbocycles. The van der Waals surface area contributed by atoms with Crippen LogP contribution in [0.25, 0.3) is 40.2 Å². The van der Waals surface area contributed by atoms with Crippen LogP contribution in [0.3, 0.4) is 0 Å². The molecular formula is C46H38O10. The summed E-state index contributed by atoms with van der Waals surface area (Å²) in [5, 5.41) is 13.8. The minimum Gasteiger partial charge on any atom is -0.871 e. The number of ketones is 1. The van der Waals surface area contributed by atoms with Crippen molar-refractivity contribution in [3.05, 3.63) is 154 Å². The second-order valence-electron chi connectivity index (χ2n) is 12.6. The van der Waals surface area contributed by atoms with E-state index < -0.39 is 11.5 Å². The molecule has 2 aliphatic rings. The zero-order valence-electron chi connectivity index (χ0n) is 31.6. The second kappa shape index (κ2) is 16.0. The van der Waals surface area contributed by atoms with Gasteiger partial charge < -0.3 is 38.3 Å². The van der Waals surface area contributed by atoms with Gasteiger partial charge in [-0.25, -0.2) is 4.42 Å². The number of rotatable bonds is 12. The van der Waals surface area contributed by atoms with Gasteiger partial charge in [0.2, 0.25) is 0 Å². The van der Waals surface area contributed by atoms with Crippen molar-refractivity contribution in [3.8, 4) is 57.1 Å². The highest BCUT2D eigenvalue weighted by molar-refractivity contribution is 6.23. The Morgan fingerprint density at radius 1 is 0.554 bits per heavy atom. The maximum atomic E-state index is 13.8. The quantitative estimate of drug-likeness (QED) is 0.0907. The van der Waals surface area contributed by atoms with Gasteiger partial charge >= 0.3 is 11.5 Å². The number of carbonyl (C=O) groups is 1. The number of benzene rings is 4. The van der Waals surface area contributed by atoms with Gasteiger partial charge in [-0.05, 0) is 90.0 Å². The largest absolute Gasteiger partial charge is 0.871 e. The first-order valence-corrected chi connectivity index (χ1v) is 17.5. The molecule has 0 saturated carbocycles. The normalized spacial score (nSPS) is 15.1. The molecule has 7 rings (SSSR count). The van der Waals surface area contributed by atoms with E-state index in [0.29, 0.717) is 90.9 Å². The summed E-state index contributed by atoms with van der Waals surface area (Å²) in [6.07, 6.45) is 6.70. The van der Waals surface area contributed by atoms with E-state index in [-0.39, 0.29) is 11.1 Å². The first-order chi connectivity index (χ1) is 27.3. The van der Waals surface area contributed by atoms with E-state index in [2.05, 4.69) is 0 Å². The van der Waals surface area contributed by atoms with Crippen LogP contribution >= 0.6 is 0 Å². The Labute approximate surface area is 324 Å². The van der Waals surface area contributed by atoms with Crippen molar-refractivity contribution in [2.45, 2.75) is 0 Å². The van der Waals surface area contributed by atoms with Gasteiger partial charge in [0, 0.05) is 22.8 Å². The monoisotopic (exact) mass is 750 g/mol. The zero-order valence-corrected chi connectivity index (χ0v) is 31.6. The molecule has 0 amide bonds. The van der Waals surface area contributed by atoms with Gasteiger partial charge in [-0.2, -0.15) is 0 Å². The molecule has 0 atom stereocenters. The Kier molecular flexibility index (Phi) is 10.6. The molecule has 0 fully saturated rings.